The molecule has 0 bridgehead atoms. The van der Waals surface area contributed by atoms with E-state index in [0.29, 0.717) is 29.2 Å². The van der Waals surface area contributed by atoms with Crippen molar-refractivity contribution in [3.8, 4) is 0 Å². The van der Waals surface area contributed by atoms with E-state index < -0.39 is 0 Å². The number of hydrogen-bond acceptors (Lipinski definition) is 3. The Kier molecular flexibility index (Phi) is 5.80. The van der Waals surface area contributed by atoms with E-state index in [1.165, 1.54) is 18.9 Å². The van der Waals surface area contributed by atoms with E-state index in [4.69, 9.17) is 0 Å². The molecule has 3 rings (SSSR count). The average molecular weight is 336 g/mol. The van der Waals surface area contributed by atoms with Gasteiger partial charge in [0.25, 0.3) is 5.91 Å². The molecule has 124 valence electrons. The maximum atomic E-state index is 12.3. The van der Waals surface area contributed by atoms with Gasteiger partial charge in [0.15, 0.2) is 5.43 Å². The standard InChI is InChI=1S/C17H21N3O2.ClH/c1-20-9-5-4-6-12(20)11-18-17(22)15-10-16(21)13-7-2-3-8-14(13)19-15;/h2-3,7-8,10,12H,4-6,9,11H2,1H3,(H,18,22)(H,19,21);1H. The van der Waals surface area contributed by atoms with Crippen LogP contribution < -0.4 is 10.7 Å². The van der Waals surface area contributed by atoms with Gasteiger partial charge in [0.2, 0.25) is 0 Å². The van der Waals surface area contributed by atoms with Gasteiger partial charge in [0.05, 0.1) is 0 Å². The summed E-state index contributed by atoms with van der Waals surface area (Å²) in [7, 11) is 2.09. The van der Waals surface area contributed by atoms with Crippen molar-refractivity contribution < 1.29 is 4.79 Å². The number of halogens is 1. The Labute approximate surface area is 141 Å². The number of H-pyrrole nitrogens is 1. The van der Waals surface area contributed by atoms with Gasteiger partial charge in [-0.05, 0) is 38.6 Å². The zero-order chi connectivity index (χ0) is 15.5. The number of aromatic amines is 1. The molecule has 6 heteroatoms. The summed E-state index contributed by atoms with van der Waals surface area (Å²) in [6, 6.07) is 8.98. The lowest BCUT2D eigenvalue weighted by atomic mass is 10.0. The first-order chi connectivity index (χ1) is 10.6. The molecule has 0 aliphatic carbocycles. The van der Waals surface area contributed by atoms with Crippen LogP contribution in [0.15, 0.2) is 35.1 Å². The number of likely N-dealkylation sites (N-methyl/N-ethyl adjacent to an activating group) is 1. The second kappa shape index (κ2) is 7.62. The Bertz CT molecular complexity index is 744. The van der Waals surface area contributed by atoms with Crippen LogP contribution in [0.5, 0.6) is 0 Å². The lowest BCUT2D eigenvalue weighted by molar-refractivity contribution is 0.0924. The molecular formula is C17H22ClN3O2. The number of fused-ring (bicyclic) bond motifs is 1. The van der Waals surface area contributed by atoms with Gasteiger partial charge in [-0.1, -0.05) is 18.6 Å². The summed E-state index contributed by atoms with van der Waals surface area (Å²) in [6.45, 7) is 1.69. The van der Waals surface area contributed by atoms with Crippen molar-refractivity contribution in [3.63, 3.8) is 0 Å². The molecule has 2 heterocycles. The summed E-state index contributed by atoms with van der Waals surface area (Å²) in [4.78, 5) is 29.7. The molecule has 23 heavy (non-hydrogen) atoms. The van der Waals surface area contributed by atoms with Crippen LogP contribution in [-0.4, -0.2) is 42.0 Å². The number of benzene rings is 1. The van der Waals surface area contributed by atoms with Crippen LogP contribution in [0.2, 0.25) is 0 Å². The molecule has 2 aromatic rings. The van der Waals surface area contributed by atoms with E-state index in [2.05, 4.69) is 22.2 Å². The van der Waals surface area contributed by atoms with Gasteiger partial charge in [0, 0.05) is 29.6 Å². The summed E-state index contributed by atoms with van der Waals surface area (Å²) in [5.74, 6) is -0.221. The Hall–Kier alpha value is -1.85. The number of carbonyl (C=O) groups excluding carboxylic acids is 1. The molecule has 1 saturated heterocycles. The number of nitrogens with one attached hydrogen (secondary N) is 2. The van der Waals surface area contributed by atoms with Gasteiger partial charge in [-0.15, -0.1) is 12.4 Å². The molecule has 1 aromatic heterocycles. The number of hydrogen-bond donors (Lipinski definition) is 2. The van der Waals surface area contributed by atoms with E-state index >= 15 is 0 Å². The van der Waals surface area contributed by atoms with Crippen LogP contribution in [0.3, 0.4) is 0 Å². The van der Waals surface area contributed by atoms with E-state index in [-0.39, 0.29) is 23.7 Å². The lowest BCUT2D eigenvalue weighted by Gasteiger charge is -2.32. The third kappa shape index (κ3) is 3.92. The molecule has 0 radical (unpaired) electrons. The fourth-order valence-corrected chi connectivity index (χ4v) is 3.03. The van der Waals surface area contributed by atoms with Crippen LogP contribution in [0, 0.1) is 0 Å². The van der Waals surface area contributed by atoms with Crippen molar-refractivity contribution in [1.29, 1.82) is 0 Å². The number of piperidine rings is 1. The van der Waals surface area contributed by atoms with Crippen molar-refractivity contribution in [1.82, 2.24) is 15.2 Å². The van der Waals surface area contributed by atoms with Gasteiger partial charge >= 0.3 is 0 Å². The minimum Gasteiger partial charge on any atom is -0.350 e. The van der Waals surface area contributed by atoms with Crippen LogP contribution >= 0.6 is 12.4 Å². The number of carbonyl (C=O) groups is 1. The van der Waals surface area contributed by atoms with Gasteiger partial charge in [-0.2, -0.15) is 0 Å². The highest BCUT2D eigenvalue weighted by atomic mass is 35.5. The first-order valence-corrected chi connectivity index (χ1v) is 7.75. The monoisotopic (exact) mass is 335 g/mol. The van der Waals surface area contributed by atoms with Gasteiger partial charge in [0.1, 0.15) is 5.69 Å². The van der Waals surface area contributed by atoms with Crippen molar-refractivity contribution in [2.45, 2.75) is 25.3 Å². The number of likely N-dealkylation sites (tertiary alicyclic amines) is 1. The van der Waals surface area contributed by atoms with Crippen LogP contribution in [0.4, 0.5) is 0 Å². The van der Waals surface area contributed by atoms with Gasteiger partial charge in [-0.3, -0.25) is 9.59 Å². The zero-order valence-corrected chi connectivity index (χ0v) is 14.0. The molecule has 1 fully saturated rings. The first-order valence-electron chi connectivity index (χ1n) is 7.75. The number of rotatable bonds is 3. The molecule has 0 saturated carbocycles. The molecule has 5 nitrogen and oxygen atoms in total. The third-order valence-corrected chi connectivity index (χ3v) is 4.40. The van der Waals surface area contributed by atoms with Crippen molar-refractivity contribution in [2.75, 3.05) is 20.1 Å². The van der Waals surface area contributed by atoms with Crippen molar-refractivity contribution >= 4 is 29.2 Å². The highest BCUT2D eigenvalue weighted by molar-refractivity contribution is 5.94. The number of amides is 1. The van der Waals surface area contributed by atoms with Gasteiger partial charge < -0.3 is 15.2 Å². The molecule has 1 aliphatic heterocycles. The minimum atomic E-state index is -0.221. The number of aromatic nitrogens is 1. The normalized spacial score (nSPS) is 18.4. The summed E-state index contributed by atoms with van der Waals surface area (Å²) >= 11 is 0. The highest BCUT2D eigenvalue weighted by Crippen LogP contribution is 2.14. The highest BCUT2D eigenvalue weighted by Gasteiger charge is 2.19. The van der Waals surface area contributed by atoms with Crippen LogP contribution in [0.25, 0.3) is 10.9 Å². The van der Waals surface area contributed by atoms with Crippen LogP contribution in [-0.2, 0) is 0 Å². The molecule has 0 spiro atoms. The summed E-state index contributed by atoms with van der Waals surface area (Å²) in [6.07, 6.45) is 3.53. The molecule has 1 aliphatic rings. The van der Waals surface area contributed by atoms with E-state index in [9.17, 15) is 9.59 Å². The Morgan fingerprint density at radius 3 is 2.91 bits per heavy atom. The van der Waals surface area contributed by atoms with Crippen LogP contribution in [0.1, 0.15) is 29.8 Å². The van der Waals surface area contributed by atoms with Crippen molar-refractivity contribution in [3.05, 3.63) is 46.2 Å². The van der Waals surface area contributed by atoms with E-state index in [0.717, 1.165) is 13.0 Å². The lowest BCUT2D eigenvalue weighted by Crippen LogP contribution is -2.44. The molecule has 1 atom stereocenters. The maximum absolute atomic E-state index is 12.3. The fourth-order valence-electron chi connectivity index (χ4n) is 3.03. The van der Waals surface area contributed by atoms with Gasteiger partial charge in [-0.25, -0.2) is 0 Å². The summed E-state index contributed by atoms with van der Waals surface area (Å²) in [5.41, 5.74) is 0.881. The predicted molar refractivity (Wildman–Crippen MR) is 94.4 cm³/mol. The largest absolute Gasteiger partial charge is 0.350 e. The predicted octanol–water partition coefficient (Wildman–Crippen LogP) is 2.16. The molecule has 1 amide bonds. The Morgan fingerprint density at radius 1 is 1.35 bits per heavy atom. The summed E-state index contributed by atoms with van der Waals surface area (Å²) in [5, 5.41) is 3.54. The van der Waals surface area contributed by atoms with E-state index in [1.54, 1.807) is 6.07 Å². The Morgan fingerprint density at radius 2 is 2.13 bits per heavy atom. The second-order valence-electron chi connectivity index (χ2n) is 5.93. The number of nitrogens with zero attached hydrogens (tertiary/aromatic N) is 1. The molecular weight excluding hydrogens is 314 g/mol. The SMILES string of the molecule is CN1CCCCC1CNC(=O)c1cc(=O)c2ccccc2[nH]1.Cl. The second-order valence-corrected chi connectivity index (χ2v) is 5.93. The zero-order valence-electron chi connectivity index (χ0n) is 13.2. The molecule has 1 unspecified atom stereocenters. The van der Waals surface area contributed by atoms with Crippen molar-refractivity contribution in [2.24, 2.45) is 0 Å². The topological polar surface area (TPSA) is 65.2 Å². The first kappa shape index (κ1) is 17.5. The maximum Gasteiger partial charge on any atom is 0.267 e. The molecule has 1 aromatic carbocycles. The smallest absolute Gasteiger partial charge is 0.267 e. The number of pyridine rings is 1. The average Bonchev–Trinajstić information content (AvgIpc) is 2.54. The molecule has 2 N–H and O–H groups in total. The number of para-hydroxylation sites is 1. The quantitative estimate of drug-likeness (QED) is 0.903. The fraction of sp³-hybridized carbons (Fsp3) is 0.412. The summed E-state index contributed by atoms with van der Waals surface area (Å²) < 4.78 is 0. The Balaban J connectivity index is 0.00000192. The third-order valence-electron chi connectivity index (χ3n) is 4.40. The minimum absolute atomic E-state index is 0. The van der Waals surface area contributed by atoms with E-state index in [1.807, 2.05) is 18.2 Å².